The Kier molecular flexibility index (Phi) is 4.12. The Morgan fingerprint density at radius 1 is 1.37 bits per heavy atom. The summed E-state index contributed by atoms with van der Waals surface area (Å²) in [7, 11) is 0. The molecule has 0 saturated heterocycles. The number of halogens is 1. The van der Waals surface area contributed by atoms with Crippen LogP contribution < -0.4 is 0 Å². The van der Waals surface area contributed by atoms with E-state index in [4.69, 9.17) is 0 Å². The monoisotopic (exact) mass is 328 g/mol. The summed E-state index contributed by atoms with van der Waals surface area (Å²) in [6.07, 6.45) is 4.80. The zero-order chi connectivity index (χ0) is 14.3. The molecular weight excluding hydrogens is 304 g/mol. The highest BCUT2D eigenvalue weighted by Crippen LogP contribution is 2.43. The molecule has 2 rings (SSSR count). The minimum absolute atomic E-state index is 0.242. The van der Waals surface area contributed by atoms with E-state index >= 15 is 0 Å². The molecule has 1 N–H and O–H groups in total. The van der Waals surface area contributed by atoms with Gasteiger partial charge in [-0.1, -0.05) is 20.3 Å². The predicted octanol–water partition coefficient (Wildman–Crippen LogP) is 3.85. The van der Waals surface area contributed by atoms with E-state index in [2.05, 4.69) is 41.8 Å². The van der Waals surface area contributed by atoms with Gasteiger partial charge in [-0.2, -0.15) is 5.10 Å². The maximum atomic E-state index is 11.0. The van der Waals surface area contributed by atoms with Gasteiger partial charge in [-0.25, -0.2) is 0 Å². The normalized spacial score (nSPS) is 26.6. The third kappa shape index (κ3) is 3.22. The number of rotatable bonds is 3. The van der Waals surface area contributed by atoms with Gasteiger partial charge >= 0.3 is 0 Å². The highest BCUT2D eigenvalue weighted by molar-refractivity contribution is 9.10. The van der Waals surface area contributed by atoms with Gasteiger partial charge in [0.1, 0.15) is 0 Å². The van der Waals surface area contributed by atoms with Crippen LogP contribution in [0.2, 0.25) is 0 Å². The van der Waals surface area contributed by atoms with Crippen LogP contribution in [0.25, 0.3) is 0 Å². The van der Waals surface area contributed by atoms with Crippen LogP contribution in [0, 0.1) is 12.3 Å². The van der Waals surface area contributed by atoms with Crippen molar-refractivity contribution in [3.8, 4) is 0 Å². The lowest BCUT2D eigenvalue weighted by Gasteiger charge is -2.41. The van der Waals surface area contributed by atoms with Crippen molar-refractivity contribution in [2.24, 2.45) is 5.41 Å². The SMILES string of the molecule is CCn1nc(C)c(Br)c1CC1(O)CCCC(C)(C)C1. The standard InChI is InChI=1S/C15H25BrN2O/c1-5-18-12(13(16)11(2)17-18)9-15(19)8-6-7-14(3,4)10-15/h19H,5-10H2,1-4H3. The molecule has 1 atom stereocenters. The van der Waals surface area contributed by atoms with Crippen LogP contribution in [-0.4, -0.2) is 20.5 Å². The quantitative estimate of drug-likeness (QED) is 0.915. The fourth-order valence-corrected chi connectivity index (χ4v) is 3.89. The molecule has 1 aromatic heterocycles. The van der Waals surface area contributed by atoms with E-state index in [1.54, 1.807) is 0 Å². The first-order chi connectivity index (χ1) is 8.76. The molecule has 4 heteroatoms. The molecule has 0 aromatic carbocycles. The van der Waals surface area contributed by atoms with Crippen LogP contribution in [0.1, 0.15) is 57.8 Å². The molecule has 1 aromatic rings. The molecule has 108 valence electrons. The van der Waals surface area contributed by atoms with Gasteiger partial charge in [0, 0.05) is 13.0 Å². The Morgan fingerprint density at radius 3 is 2.63 bits per heavy atom. The van der Waals surface area contributed by atoms with E-state index in [0.29, 0.717) is 6.42 Å². The van der Waals surface area contributed by atoms with Crippen LogP contribution in [0.5, 0.6) is 0 Å². The highest BCUT2D eigenvalue weighted by Gasteiger charge is 2.39. The first kappa shape index (κ1) is 15.0. The van der Waals surface area contributed by atoms with Crippen molar-refractivity contribution >= 4 is 15.9 Å². The number of hydrogen-bond acceptors (Lipinski definition) is 2. The Labute approximate surface area is 124 Å². The zero-order valence-corrected chi connectivity index (χ0v) is 14.0. The molecule has 1 aliphatic carbocycles. The van der Waals surface area contributed by atoms with Gasteiger partial charge in [0.05, 0.1) is 21.5 Å². The second kappa shape index (κ2) is 5.21. The molecule has 0 spiro atoms. The summed E-state index contributed by atoms with van der Waals surface area (Å²) in [6.45, 7) is 9.47. The first-order valence-electron chi connectivity index (χ1n) is 7.20. The average Bonchev–Trinajstić information content (AvgIpc) is 2.54. The topological polar surface area (TPSA) is 38.0 Å². The minimum Gasteiger partial charge on any atom is -0.389 e. The van der Waals surface area contributed by atoms with Crippen molar-refractivity contribution in [1.82, 2.24) is 9.78 Å². The van der Waals surface area contributed by atoms with E-state index in [1.165, 1.54) is 6.42 Å². The lowest BCUT2D eigenvalue weighted by atomic mass is 9.68. The average molecular weight is 329 g/mol. The largest absolute Gasteiger partial charge is 0.389 e. The van der Waals surface area contributed by atoms with Crippen molar-refractivity contribution < 1.29 is 5.11 Å². The molecule has 1 aliphatic rings. The molecule has 3 nitrogen and oxygen atoms in total. The Hall–Kier alpha value is -0.350. The van der Waals surface area contributed by atoms with E-state index < -0.39 is 5.60 Å². The first-order valence-corrected chi connectivity index (χ1v) is 8.00. The van der Waals surface area contributed by atoms with Crippen molar-refractivity contribution in [3.05, 3.63) is 15.9 Å². The van der Waals surface area contributed by atoms with Crippen LogP contribution in [0.3, 0.4) is 0 Å². The van der Waals surface area contributed by atoms with E-state index in [-0.39, 0.29) is 5.41 Å². The molecule has 1 unspecified atom stereocenters. The third-order valence-corrected chi connectivity index (χ3v) is 5.28. The predicted molar refractivity (Wildman–Crippen MR) is 81.2 cm³/mol. The van der Waals surface area contributed by atoms with Gasteiger partial charge in [-0.15, -0.1) is 0 Å². The smallest absolute Gasteiger partial charge is 0.0738 e. The number of hydrogen-bond donors (Lipinski definition) is 1. The molecule has 1 saturated carbocycles. The summed E-state index contributed by atoms with van der Waals surface area (Å²) in [6, 6.07) is 0. The lowest BCUT2D eigenvalue weighted by molar-refractivity contribution is -0.0396. The minimum atomic E-state index is -0.580. The summed E-state index contributed by atoms with van der Waals surface area (Å²) in [5.41, 5.74) is 1.81. The maximum absolute atomic E-state index is 11.0. The summed E-state index contributed by atoms with van der Waals surface area (Å²) >= 11 is 3.63. The van der Waals surface area contributed by atoms with Gasteiger partial charge in [-0.05, 0) is 54.5 Å². The second-order valence-corrected chi connectivity index (χ2v) is 7.55. The molecule has 0 amide bonds. The van der Waals surface area contributed by atoms with Crippen LogP contribution in [-0.2, 0) is 13.0 Å². The molecule has 1 fully saturated rings. The van der Waals surface area contributed by atoms with Crippen molar-refractivity contribution in [3.63, 3.8) is 0 Å². The van der Waals surface area contributed by atoms with Crippen LogP contribution >= 0.6 is 15.9 Å². The number of aromatic nitrogens is 2. The molecule has 19 heavy (non-hydrogen) atoms. The van der Waals surface area contributed by atoms with Gasteiger partial charge in [0.25, 0.3) is 0 Å². The highest BCUT2D eigenvalue weighted by atomic mass is 79.9. The van der Waals surface area contributed by atoms with Crippen LogP contribution in [0.15, 0.2) is 4.47 Å². The van der Waals surface area contributed by atoms with E-state index in [9.17, 15) is 5.11 Å². The summed E-state index contributed by atoms with van der Waals surface area (Å²) in [4.78, 5) is 0. The fourth-order valence-electron chi connectivity index (χ4n) is 3.46. The number of aliphatic hydroxyl groups is 1. The fraction of sp³-hybridized carbons (Fsp3) is 0.800. The molecule has 0 aliphatic heterocycles. The van der Waals surface area contributed by atoms with Gasteiger partial charge in [0.15, 0.2) is 0 Å². The Balaban J connectivity index is 2.25. The molecule has 0 radical (unpaired) electrons. The Bertz CT molecular complexity index is 467. The third-order valence-electron chi connectivity index (χ3n) is 4.25. The summed E-state index contributed by atoms with van der Waals surface area (Å²) in [5.74, 6) is 0. The molecule has 0 bridgehead atoms. The molecular formula is C15H25BrN2O. The molecule has 1 heterocycles. The Morgan fingerprint density at radius 2 is 2.05 bits per heavy atom. The van der Waals surface area contributed by atoms with Crippen molar-refractivity contribution in [2.75, 3.05) is 0 Å². The summed E-state index contributed by atoms with van der Waals surface area (Å²) < 4.78 is 3.07. The number of aryl methyl sites for hydroxylation is 2. The van der Waals surface area contributed by atoms with Gasteiger partial charge in [0.2, 0.25) is 0 Å². The van der Waals surface area contributed by atoms with E-state index in [1.807, 2.05) is 11.6 Å². The van der Waals surface area contributed by atoms with Crippen molar-refractivity contribution in [1.29, 1.82) is 0 Å². The lowest BCUT2D eigenvalue weighted by Crippen LogP contribution is -2.41. The second-order valence-electron chi connectivity index (χ2n) is 6.76. The summed E-state index contributed by atoms with van der Waals surface area (Å²) in [5, 5.41) is 15.5. The maximum Gasteiger partial charge on any atom is 0.0738 e. The van der Waals surface area contributed by atoms with Crippen LogP contribution in [0.4, 0.5) is 0 Å². The van der Waals surface area contributed by atoms with Gasteiger partial charge < -0.3 is 5.11 Å². The number of nitrogens with zero attached hydrogens (tertiary/aromatic N) is 2. The van der Waals surface area contributed by atoms with E-state index in [0.717, 1.165) is 41.7 Å². The zero-order valence-electron chi connectivity index (χ0n) is 12.5. The van der Waals surface area contributed by atoms with Gasteiger partial charge in [-0.3, -0.25) is 4.68 Å². The van der Waals surface area contributed by atoms with Crippen molar-refractivity contribution in [2.45, 2.75) is 71.9 Å².